The summed E-state index contributed by atoms with van der Waals surface area (Å²) in [6.07, 6.45) is 2.25. The maximum atomic E-state index is 12.7. The lowest BCUT2D eigenvalue weighted by Crippen LogP contribution is -2.12. The minimum absolute atomic E-state index is 0.249. The zero-order chi connectivity index (χ0) is 22.2. The van der Waals surface area contributed by atoms with E-state index < -0.39 is 0 Å². The molecule has 32 heavy (non-hydrogen) atoms. The normalized spacial score (nSPS) is 12.2. The molecule has 5 rings (SSSR count). The van der Waals surface area contributed by atoms with Gasteiger partial charge >= 0.3 is 0 Å². The number of benzene rings is 1. The molecule has 0 saturated heterocycles. The van der Waals surface area contributed by atoms with E-state index in [0.717, 1.165) is 39.0 Å². The average molecular weight is 448 g/mol. The third-order valence-electron chi connectivity index (χ3n) is 5.15. The number of nitrogens with one attached hydrogen (secondary N) is 1. The first-order valence-electron chi connectivity index (χ1n) is 10.1. The molecule has 8 nitrogen and oxygen atoms in total. The van der Waals surface area contributed by atoms with Crippen LogP contribution in [0.3, 0.4) is 0 Å². The van der Waals surface area contributed by atoms with Gasteiger partial charge in [-0.3, -0.25) is 10.1 Å². The fourth-order valence-corrected chi connectivity index (χ4v) is 4.55. The zero-order valence-electron chi connectivity index (χ0n) is 17.9. The van der Waals surface area contributed by atoms with E-state index in [2.05, 4.69) is 20.4 Å². The van der Waals surface area contributed by atoms with Gasteiger partial charge in [-0.2, -0.15) is 5.10 Å². The Bertz CT molecular complexity index is 1310. The number of thiazole rings is 1. The zero-order valence-corrected chi connectivity index (χ0v) is 18.7. The number of anilines is 1. The van der Waals surface area contributed by atoms with Crippen LogP contribution in [0, 0.1) is 20.8 Å². The fraction of sp³-hybridized carbons (Fsp3) is 0.217. The van der Waals surface area contributed by atoms with Crippen molar-refractivity contribution in [1.29, 1.82) is 0 Å². The number of amides is 1. The molecule has 0 saturated carbocycles. The molecular weight excluding hydrogens is 426 g/mol. The number of carbonyl (C=O) groups excluding carboxylic acids is 1. The molecule has 4 aromatic rings. The van der Waals surface area contributed by atoms with E-state index in [4.69, 9.17) is 9.47 Å². The van der Waals surface area contributed by atoms with Crippen molar-refractivity contribution in [2.24, 2.45) is 0 Å². The van der Waals surface area contributed by atoms with Gasteiger partial charge < -0.3 is 9.47 Å². The summed E-state index contributed by atoms with van der Waals surface area (Å²) in [5, 5.41) is 7.86. The van der Waals surface area contributed by atoms with E-state index in [0.29, 0.717) is 22.9 Å². The monoisotopic (exact) mass is 447 g/mol. The molecule has 1 aliphatic heterocycles. The van der Waals surface area contributed by atoms with Crippen molar-refractivity contribution in [1.82, 2.24) is 19.7 Å². The molecule has 0 bridgehead atoms. The second kappa shape index (κ2) is 8.08. The Hall–Kier alpha value is -3.72. The van der Waals surface area contributed by atoms with Gasteiger partial charge in [0.2, 0.25) is 6.79 Å². The Morgan fingerprint density at radius 1 is 1.12 bits per heavy atom. The third-order valence-corrected chi connectivity index (χ3v) is 6.22. The molecule has 0 fully saturated rings. The fourth-order valence-electron chi connectivity index (χ4n) is 3.56. The predicted molar refractivity (Wildman–Crippen MR) is 121 cm³/mol. The van der Waals surface area contributed by atoms with Crippen LogP contribution in [0.25, 0.3) is 5.82 Å². The number of fused-ring (bicyclic) bond motifs is 1. The lowest BCUT2D eigenvalue weighted by molar-refractivity contribution is 0.102. The minimum atomic E-state index is -0.249. The van der Waals surface area contributed by atoms with Crippen molar-refractivity contribution in [2.45, 2.75) is 27.2 Å². The van der Waals surface area contributed by atoms with Crippen LogP contribution < -0.4 is 14.8 Å². The Labute approximate surface area is 188 Å². The van der Waals surface area contributed by atoms with Gasteiger partial charge in [0.25, 0.3) is 5.91 Å². The number of hydrogen-bond donors (Lipinski definition) is 1. The Morgan fingerprint density at radius 2 is 1.97 bits per heavy atom. The quantitative estimate of drug-likeness (QED) is 0.493. The van der Waals surface area contributed by atoms with Crippen molar-refractivity contribution in [3.63, 3.8) is 0 Å². The van der Waals surface area contributed by atoms with Gasteiger partial charge in [-0.1, -0.05) is 6.07 Å². The highest BCUT2D eigenvalue weighted by molar-refractivity contribution is 7.15. The summed E-state index contributed by atoms with van der Waals surface area (Å²) in [6.45, 7) is 6.10. The van der Waals surface area contributed by atoms with Gasteiger partial charge in [0.05, 0.1) is 17.0 Å². The first-order chi connectivity index (χ1) is 15.5. The molecule has 0 spiro atoms. The third kappa shape index (κ3) is 3.94. The van der Waals surface area contributed by atoms with Gasteiger partial charge in [-0.15, -0.1) is 11.3 Å². The van der Waals surface area contributed by atoms with Gasteiger partial charge in [-0.25, -0.2) is 14.6 Å². The van der Waals surface area contributed by atoms with E-state index in [1.165, 1.54) is 11.3 Å². The Morgan fingerprint density at radius 3 is 2.72 bits per heavy atom. The first-order valence-corrected chi connectivity index (χ1v) is 10.9. The first kappa shape index (κ1) is 20.2. The second-order valence-electron chi connectivity index (χ2n) is 7.59. The smallest absolute Gasteiger partial charge is 0.259 e. The van der Waals surface area contributed by atoms with Crippen LogP contribution in [0.15, 0.2) is 42.6 Å². The van der Waals surface area contributed by atoms with Crippen molar-refractivity contribution in [3.8, 4) is 17.3 Å². The molecule has 3 aromatic heterocycles. The van der Waals surface area contributed by atoms with Crippen LogP contribution in [0.1, 0.15) is 37.9 Å². The molecule has 0 unspecified atom stereocenters. The largest absolute Gasteiger partial charge is 0.454 e. The highest BCUT2D eigenvalue weighted by Gasteiger charge is 2.16. The van der Waals surface area contributed by atoms with Crippen LogP contribution in [-0.4, -0.2) is 32.4 Å². The number of aryl methyl sites for hydroxylation is 3. The second-order valence-corrected chi connectivity index (χ2v) is 8.67. The van der Waals surface area contributed by atoms with Crippen LogP contribution in [0.5, 0.6) is 11.5 Å². The molecule has 0 radical (unpaired) electrons. The lowest BCUT2D eigenvalue weighted by Gasteiger charge is -2.05. The molecule has 0 aliphatic carbocycles. The van der Waals surface area contributed by atoms with Crippen molar-refractivity contribution in [3.05, 3.63) is 75.7 Å². The van der Waals surface area contributed by atoms with Crippen LogP contribution in [-0.2, 0) is 6.42 Å². The summed E-state index contributed by atoms with van der Waals surface area (Å²) in [7, 11) is 0. The molecule has 1 N–H and O–H groups in total. The van der Waals surface area contributed by atoms with Crippen LogP contribution in [0.2, 0.25) is 0 Å². The summed E-state index contributed by atoms with van der Waals surface area (Å²) in [6, 6.07) is 11.4. The molecule has 162 valence electrons. The van der Waals surface area contributed by atoms with Gasteiger partial charge in [0.1, 0.15) is 0 Å². The summed E-state index contributed by atoms with van der Waals surface area (Å²) in [4.78, 5) is 22.7. The van der Waals surface area contributed by atoms with Crippen LogP contribution in [0.4, 0.5) is 5.13 Å². The SMILES string of the molecule is Cc1cc(C)n(-c2ccc(C(=O)Nc3nc(C)c(Cc4ccc5c(c4)OCO5)s3)cn2)n1. The molecule has 1 aliphatic rings. The molecule has 1 aromatic carbocycles. The number of rotatable bonds is 5. The Kier molecular flexibility index (Phi) is 5.10. The van der Waals surface area contributed by atoms with E-state index in [1.54, 1.807) is 23.0 Å². The van der Waals surface area contributed by atoms with Crippen molar-refractivity contribution in [2.75, 3.05) is 12.1 Å². The summed E-state index contributed by atoms with van der Waals surface area (Å²) < 4.78 is 12.6. The molecule has 4 heterocycles. The minimum Gasteiger partial charge on any atom is -0.454 e. The maximum Gasteiger partial charge on any atom is 0.259 e. The summed E-state index contributed by atoms with van der Waals surface area (Å²) in [5.41, 5.74) is 4.35. The highest BCUT2D eigenvalue weighted by Crippen LogP contribution is 2.34. The summed E-state index contributed by atoms with van der Waals surface area (Å²) >= 11 is 1.47. The summed E-state index contributed by atoms with van der Waals surface area (Å²) in [5.74, 6) is 1.94. The highest BCUT2D eigenvalue weighted by atomic mass is 32.1. The number of nitrogens with zero attached hydrogens (tertiary/aromatic N) is 4. The Balaban J connectivity index is 1.28. The maximum absolute atomic E-state index is 12.7. The topological polar surface area (TPSA) is 91.2 Å². The van der Waals surface area contributed by atoms with E-state index >= 15 is 0 Å². The predicted octanol–water partition coefficient (Wildman–Crippen LogP) is 4.22. The number of hydrogen-bond acceptors (Lipinski definition) is 7. The lowest BCUT2D eigenvalue weighted by atomic mass is 10.1. The van der Waals surface area contributed by atoms with Crippen molar-refractivity contribution >= 4 is 22.4 Å². The molecule has 0 atom stereocenters. The number of pyridine rings is 1. The average Bonchev–Trinajstić information content (AvgIpc) is 3.46. The number of ether oxygens (including phenoxy) is 2. The van der Waals surface area contributed by atoms with E-state index in [-0.39, 0.29) is 12.7 Å². The van der Waals surface area contributed by atoms with E-state index in [1.807, 2.05) is 45.0 Å². The molecule has 1 amide bonds. The number of carbonyl (C=O) groups is 1. The molecule has 9 heteroatoms. The van der Waals surface area contributed by atoms with Crippen molar-refractivity contribution < 1.29 is 14.3 Å². The van der Waals surface area contributed by atoms with Gasteiger partial charge in [-0.05, 0) is 56.7 Å². The van der Waals surface area contributed by atoms with Crippen LogP contribution >= 0.6 is 11.3 Å². The molecular formula is C23H21N5O3S. The van der Waals surface area contributed by atoms with Gasteiger partial charge in [0.15, 0.2) is 22.4 Å². The van der Waals surface area contributed by atoms with Gasteiger partial charge in [0, 0.05) is 23.2 Å². The standard InChI is InChI=1S/C23H21N5O3S/c1-13-8-14(2)28(27-13)21-7-5-17(11-24-21)22(29)26-23-25-15(3)20(32-23)10-16-4-6-18-19(9-16)31-12-30-18/h4-9,11H,10,12H2,1-3H3,(H,25,26,29). The van der Waals surface area contributed by atoms with E-state index in [9.17, 15) is 4.79 Å². The number of aromatic nitrogens is 4.